The van der Waals surface area contributed by atoms with Gasteiger partial charge in [-0.1, -0.05) is 48.5 Å². The van der Waals surface area contributed by atoms with E-state index in [2.05, 4.69) is 17.4 Å². The van der Waals surface area contributed by atoms with Crippen molar-refractivity contribution in [1.29, 1.82) is 0 Å². The van der Waals surface area contributed by atoms with Gasteiger partial charge in [-0.3, -0.25) is 14.9 Å². The van der Waals surface area contributed by atoms with E-state index in [1.54, 1.807) is 4.90 Å². The molecule has 5 rings (SSSR count). The van der Waals surface area contributed by atoms with Crippen LogP contribution in [-0.4, -0.2) is 47.7 Å². The molecule has 3 aromatic rings. The van der Waals surface area contributed by atoms with Crippen molar-refractivity contribution in [2.24, 2.45) is 5.92 Å². The summed E-state index contributed by atoms with van der Waals surface area (Å²) in [6, 6.07) is 17.7. The summed E-state index contributed by atoms with van der Waals surface area (Å²) in [5, 5.41) is 11.6. The highest BCUT2D eigenvalue weighted by Gasteiger charge is 2.32. The van der Waals surface area contributed by atoms with Crippen LogP contribution in [0.5, 0.6) is 0 Å². The van der Waals surface area contributed by atoms with Crippen LogP contribution in [0.4, 0.5) is 10.5 Å². The fourth-order valence-electron chi connectivity index (χ4n) is 4.89. The summed E-state index contributed by atoms with van der Waals surface area (Å²) < 4.78 is 10.9. The average Bonchev–Trinajstić information content (AvgIpc) is 3.55. The Kier molecular flexibility index (Phi) is 5.79. The van der Waals surface area contributed by atoms with E-state index >= 15 is 0 Å². The average molecular weight is 460 g/mol. The van der Waals surface area contributed by atoms with Crippen molar-refractivity contribution in [2.75, 3.05) is 25.0 Å². The van der Waals surface area contributed by atoms with Crippen LogP contribution in [0, 0.1) is 5.92 Å². The van der Waals surface area contributed by atoms with Gasteiger partial charge in [0.05, 0.1) is 12.0 Å². The zero-order valence-corrected chi connectivity index (χ0v) is 18.4. The number of nitrogens with one attached hydrogen (secondary N) is 1. The van der Waals surface area contributed by atoms with Crippen LogP contribution in [0.2, 0.25) is 0 Å². The number of benzene rings is 2. The van der Waals surface area contributed by atoms with Gasteiger partial charge < -0.3 is 19.2 Å². The third-order valence-electron chi connectivity index (χ3n) is 6.48. The van der Waals surface area contributed by atoms with Crippen LogP contribution in [0.3, 0.4) is 0 Å². The molecular formula is C26H24N2O6. The number of ether oxygens (including phenoxy) is 1. The first-order valence-corrected chi connectivity index (χ1v) is 11.2. The quantitative estimate of drug-likeness (QED) is 0.557. The van der Waals surface area contributed by atoms with Crippen LogP contribution >= 0.6 is 0 Å². The van der Waals surface area contributed by atoms with Crippen LogP contribution in [0.1, 0.15) is 40.4 Å². The highest BCUT2D eigenvalue weighted by Crippen LogP contribution is 2.44. The highest BCUT2D eigenvalue weighted by atomic mass is 16.5. The number of carbonyl (C=O) groups is 3. The summed E-state index contributed by atoms with van der Waals surface area (Å²) in [5.41, 5.74) is 4.73. The molecule has 1 atom stereocenters. The number of hydrogen-bond acceptors (Lipinski definition) is 5. The Bertz CT molecular complexity index is 1200. The molecule has 34 heavy (non-hydrogen) atoms. The standard InChI is InChI=1S/C26H24N2O6/c29-23(30)13-16-9-11-28(14-16)25(31)24-22(10-12-33-24)27-26(32)34-15-21-19-7-3-1-5-17(19)18-6-2-4-8-20(18)21/h1-8,10,12,16,21H,9,11,13-15H2,(H,27,32)(H,29,30). The van der Waals surface area contributed by atoms with Crippen molar-refractivity contribution in [2.45, 2.75) is 18.8 Å². The van der Waals surface area contributed by atoms with Gasteiger partial charge in [0.1, 0.15) is 6.61 Å². The van der Waals surface area contributed by atoms with Gasteiger partial charge in [-0.25, -0.2) is 4.79 Å². The summed E-state index contributed by atoms with van der Waals surface area (Å²) in [6.45, 7) is 0.946. The van der Waals surface area contributed by atoms with Gasteiger partial charge in [-0.15, -0.1) is 0 Å². The maximum atomic E-state index is 12.9. The lowest BCUT2D eigenvalue weighted by molar-refractivity contribution is -0.138. The summed E-state index contributed by atoms with van der Waals surface area (Å²) in [4.78, 5) is 38.0. The van der Waals surface area contributed by atoms with Crippen molar-refractivity contribution in [3.63, 3.8) is 0 Å². The number of furan rings is 1. The molecule has 2 amide bonds. The summed E-state index contributed by atoms with van der Waals surface area (Å²) in [7, 11) is 0. The van der Waals surface area contributed by atoms with E-state index in [9.17, 15) is 14.4 Å². The number of rotatable bonds is 6. The normalized spacial score (nSPS) is 16.7. The number of carboxylic acids is 1. The smallest absolute Gasteiger partial charge is 0.411 e. The molecule has 0 spiro atoms. The van der Waals surface area contributed by atoms with Crippen molar-refractivity contribution in [3.8, 4) is 11.1 Å². The Morgan fingerprint density at radius 1 is 1.03 bits per heavy atom. The van der Waals surface area contributed by atoms with Crippen molar-refractivity contribution < 1.29 is 28.6 Å². The van der Waals surface area contributed by atoms with Gasteiger partial charge in [0.15, 0.2) is 0 Å². The maximum Gasteiger partial charge on any atom is 0.411 e. The second-order valence-electron chi connectivity index (χ2n) is 8.62. The minimum Gasteiger partial charge on any atom is -0.481 e. The number of anilines is 1. The Labute approximate surface area is 196 Å². The third kappa shape index (κ3) is 4.14. The van der Waals surface area contributed by atoms with E-state index in [0.717, 1.165) is 22.3 Å². The number of hydrogen-bond donors (Lipinski definition) is 2. The summed E-state index contributed by atoms with van der Waals surface area (Å²) in [5.74, 6) is -1.42. The van der Waals surface area contributed by atoms with E-state index in [4.69, 9.17) is 14.3 Å². The first-order valence-electron chi connectivity index (χ1n) is 11.2. The monoisotopic (exact) mass is 460 g/mol. The number of amides is 2. The minimum atomic E-state index is -0.880. The predicted molar refractivity (Wildman–Crippen MR) is 124 cm³/mol. The van der Waals surface area contributed by atoms with Crippen LogP contribution < -0.4 is 5.32 Å². The zero-order valence-electron chi connectivity index (χ0n) is 18.4. The van der Waals surface area contributed by atoms with E-state index in [-0.39, 0.29) is 42.2 Å². The van der Waals surface area contributed by atoms with Crippen molar-refractivity contribution in [3.05, 3.63) is 77.7 Å². The van der Waals surface area contributed by atoms with Gasteiger partial charge in [-0.2, -0.15) is 0 Å². The van der Waals surface area contributed by atoms with Crippen molar-refractivity contribution >= 4 is 23.7 Å². The van der Waals surface area contributed by atoms with Crippen molar-refractivity contribution in [1.82, 2.24) is 4.90 Å². The molecule has 1 aliphatic carbocycles. The maximum absolute atomic E-state index is 12.9. The molecule has 0 radical (unpaired) electrons. The molecule has 2 aliphatic rings. The lowest BCUT2D eigenvalue weighted by Crippen LogP contribution is -2.29. The molecule has 0 saturated carbocycles. The van der Waals surface area contributed by atoms with Gasteiger partial charge in [-0.05, 0) is 34.6 Å². The molecule has 2 heterocycles. The topological polar surface area (TPSA) is 109 Å². The number of likely N-dealkylation sites (tertiary alicyclic amines) is 1. The molecule has 2 aromatic carbocycles. The van der Waals surface area contributed by atoms with Gasteiger partial charge in [0, 0.05) is 31.5 Å². The molecule has 8 nitrogen and oxygen atoms in total. The molecule has 8 heteroatoms. The SMILES string of the molecule is O=C(O)CC1CCN(C(=O)c2occc2NC(=O)OCC2c3ccccc3-c3ccccc32)C1. The molecule has 2 N–H and O–H groups in total. The van der Waals surface area contributed by atoms with E-state index in [1.807, 2.05) is 36.4 Å². The summed E-state index contributed by atoms with van der Waals surface area (Å²) in [6.07, 6.45) is 1.29. The van der Waals surface area contributed by atoms with Crippen LogP contribution in [0.25, 0.3) is 11.1 Å². The molecule has 174 valence electrons. The molecular weight excluding hydrogens is 436 g/mol. The van der Waals surface area contributed by atoms with Gasteiger partial charge in [0.25, 0.3) is 5.91 Å². The first-order chi connectivity index (χ1) is 16.5. The lowest BCUT2D eigenvalue weighted by atomic mass is 9.98. The number of nitrogens with zero attached hydrogens (tertiary/aromatic N) is 1. The second kappa shape index (κ2) is 9.05. The Balaban J connectivity index is 1.23. The molecule has 0 bridgehead atoms. The zero-order chi connectivity index (χ0) is 23.7. The highest BCUT2D eigenvalue weighted by molar-refractivity contribution is 6.00. The number of fused-ring (bicyclic) bond motifs is 3. The van der Waals surface area contributed by atoms with Gasteiger partial charge in [0.2, 0.25) is 5.76 Å². The van der Waals surface area contributed by atoms with E-state index < -0.39 is 12.1 Å². The Hall–Kier alpha value is -4.07. The Morgan fingerprint density at radius 3 is 2.38 bits per heavy atom. The van der Waals surface area contributed by atoms with Crippen LogP contribution in [-0.2, 0) is 9.53 Å². The second-order valence-corrected chi connectivity index (χ2v) is 8.62. The predicted octanol–water partition coefficient (Wildman–Crippen LogP) is 4.58. The summed E-state index contributed by atoms with van der Waals surface area (Å²) >= 11 is 0. The minimum absolute atomic E-state index is 0.00415. The van der Waals surface area contributed by atoms with E-state index in [0.29, 0.717) is 19.5 Å². The number of carboxylic acid groups (broad SMARTS) is 1. The first kappa shape index (κ1) is 21.8. The number of carbonyl (C=O) groups excluding carboxylic acids is 2. The molecule has 1 fully saturated rings. The lowest BCUT2D eigenvalue weighted by Gasteiger charge is -2.16. The molecule has 1 unspecified atom stereocenters. The molecule has 1 aliphatic heterocycles. The van der Waals surface area contributed by atoms with Crippen LogP contribution in [0.15, 0.2) is 65.3 Å². The molecule has 1 aromatic heterocycles. The largest absolute Gasteiger partial charge is 0.481 e. The van der Waals surface area contributed by atoms with E-state index in [1.165, 1.54) is 12.3 Å². The third-order valence-corrected chi connectivity index (χ3v) is 6.48. The molecule has 1 saturated heterocycles. The fourth-order valence-corrected chi connectivity index (χ4v) is 4.89. The number of aliphatic carboxylic acids is 1. The fraction of sp³-hybridized carbons (Fsp3) is 0.269. The Morgan fingerprint density at radius 2 is 1.71 bits per heavy atom. The van der Waals surface area contributed by atoms with Gasteiger partial charge >= 0.3 is 12.1 Å².